The molecule has 1 aromatic heterocycles. The molecule has 1 aliphatic heterocycles. The molecule has 1 atom stereocenters. The first-order valence-electron chi connectivity index (χ1n) is 9.72. The van der Waals surface area contributed by atoms with E-state index in [-0.39, 0.29) is 24.2 Å². The number of carbonyl (C=O) groups excluding carboxylic acids is 2. The van der Waals surface area contributed by atoms with Crippen LogP contribution >= 0.6 is 0 Å². The Morgan fingerprint density at radius 3 is 2.42 bits per heavy atom. The zero-order valence-electron chi connectivity index (χ0n) is 16.9. The van der Waals surface area contributed by atoms with E-state index in [0.717, 1.165) is 12.3 Å². The van der Waals surface area contributed by atoms with Gasteiger partial charge in [-0.25, -0.2) is 0 Å². The number of nitrogens with zero attached hydrogens (tertiary/aromatic N) is 1. The highest BCUT2D eigenvalue weighted by Gasteiger charge is 2.44. The summed E-state index contributed by atoms with van der Waals surface area (Å²) in [6.45, 7) is 1.15. The summed E-state index contributed by atoms with van der Waals surface area (Å²) in [5, 5.41) is 1.96. The molecule has 0 unspecified atom stereocenters. The van der Waals surface area contributed by atoms with Gasteiger partial charge >= 0.3 is 6.18 Å². The maximum Gasteiger partial charge on any atom is 0.415 e. The summed E-state index contributed by atoms with van der Waals surface area (Å²) in [6.07, 6.45) is -2.39. The van der Waals surface area contributed by atoms with Crippen LogP contribution in [0.25, 0.3) is 0 Å². The predicted molar refractivity (Wildman–Crippen MR) is 104 cm³/mol. The van der Waals surface area contributed by atoms with Gasteiger partial charge in [-0.2, -0.15) is 13.2 Å². The van der Waals surface area contributed by atoms with Gasteiger partial charge in [-0.1, -0.05) is 0 Å². The molecule has 1 N–H and O–H groups in total. The number of ether oxygens (including phenoxy) is 2. The fourth-order valence-corrected chi connectivity index (χ4v) is 3.30. The average Bonchev–Trinajstić information content (AvgIpc) is 3.26. The van der Waals surface area contributed by atoms with Crippen LogP contribution in [-0.4, -0.2) is 55.8 Å². The Balaban J connectivity index is 1.55. The molecule has 31 heavy (non-hydrogen) atoms. The average molecular weight is 440 g/mol. The lowest BCUT2D eigenvalue weighted by atomic mass is 10.1. The van der Waals surface area contributed by atoms with Crippen LogP contribution in [0.15, 0.2) is 47.1 Å². The van der Waals surface area contributed by atoms with Gasteiger partial charge in [0.2, 0.25) is 5.91 Å². The highest BCUT2D eigenvalue weighted by molar-refractivity contribution is 5.94. The van der Waals surface area contributed by atoms with Crippen LogP contribution < -0.4 is 10.1 Å². The number of benzene rings is 1. The number of nitrogens with one attached hydrogen (secondary N) is 1. The fraction of sp³-hybridized carbons (Fsp3) is 0.429. The molecule has 10 heteroatoms. The van der Waals surface area contributed by atoms with Crippen molar-refractivity contribution in [2.45, 2.75) is 31.2 Å². The molecular weight excluding hydrogens is 417 g/mol. The predicted octanol–water partition coefficient (Wildman–Crippen LogP) is 3.33. The molecule has 168 valence electrons. The second kappa shape index (κ2) is 9.86. The largest absolute Gasteiger partial charge is 0.490 e. The Hall–Kier alpha value is -3.01. The van der Waals surface area contributed by atoms with Crippen LogP contribution in [0.1, 0.15) is 35.0 Å². The second-order valence-corrected chi connectivity index (χ2v) is 7.12. The van der Waals surface area contributed by atoms with Crippen molar-refractivity contribution in [2.24, 2.45) is 0 Å². The Bertz CT molecular complexity index is 860. The van der Waals surface area contributed by atoms with Gasteiger partial charge in [0.25, 0.3) is 5.91 Å². The number of hydrogen-bond acceptors (Lipinski definition) is 5. The minimum absolute atomic E-state index is 0.0458. The lowest BCUT2D eigenvalue weighted by Crippen LogP contribution is -2.43. The number of alkyl halides is 3. The van der Waals surface area contributed by atoms with Crippen molar-refractivity contribution in [3.05, 3.63) is 54.0 Å². The smallest absolute Gasteiger partial charge is 0.415 e. The van der Waals surface area contributed by atoms with Gasteiger partial charge in [-0.3, -0.25) is 9.59 Å². The van der Waals surface area contributed by atoms with Crippen molar-refractivity contribution in [3.63, 3.8) is 0 Å². The van der Waals surface area contributed by atoms with Crippen LogP contribution in [0.4, 0.5) is 13.2 Å². The number of amides is 2. The van der Waals surface area contributed by atoms with Gasteiger partial charge in [-0.05, 0) is 36.4 Å². The summed E-state index contributed by atoms with van der Waals surface area (Å²) < 4.78 is 55.4. The highest BCUT2D eigenvalue weighted by atomic mass is 19.4. The summed E-state index contributed by atoms with van der Waals surface area (Å²) in [7, 11) is 1.47. The third kappa shape index (κ3) is 6.00. The van der Waals surface area contributed by atoms with Crippen LogP contribution in [0, 0.1) is 0 Å². The fourth-order valence-electron chi connectivity index (χ4n) is 3.30. The molecule has 0 bridgehead atoms. The number of rotatable bonds is 7. The van der Waals surface area contributed by atoms with E-state index in [9.17, 15) is 22.8 Å². The van der Waals surface area contributed by atoms with E-state index in [1.54, 1.807) is 4.90 Å². The van der Waals surface area contributed by atoms with Crippen LogP contribution in [0.3, 0.4) is 0 Å². The lowest BCUT2D eigenvalue weighted by molar-refractivity contribution is -0.159. The molecule has 0 spiro atoms. The molecule has 1 saturated heterocycles. The summed E-state index contributed by atoms with van der Waals surface area (Å²) in [5.74, 6) is -0.842. The number of piperidine rings is 1. The minimum atomic E-state index is -4.70. The van der Waals surface area contributed by atoms with E-state index in [1.165, 1.54) is 37.4 Å². The quantitative estimate of drug-likeness (QED) is 0.715. The Morgan fingerprint density at radius 2 is 1.87 bits per heavy atom. The Morgan fingerprint density at radius 1 is 1.19 bits per heavy atom. The number of furan rings is 1. The number of likely N-dealkylation sites (tertiary alicyclic amines) is 1. The van der Waals surface area contributed by atoms with Gasteiger partial charge in [0.15, 0.2) is 6.04 Å². The molecule has 1 aliphatic rings. The first-order chi connectivity index (χ1) is 14.8. The molecule has 3 rings (SSSR count). The van der Waals surface area contributed by atoms with Crippen molar-refractivity contribution in [3.8, 4) is 5.75 Å². The molecule has 7 nitrogen and oxygen atoms in total. The van der Waals surface area contributed by atoms with E-state index in [4.69, 9.17) is 13.9 Å². The third-order valence-electron chi connectivity index (χ3n) is 4.91. The second-order valence-electron chi connectivity index (χ2n) is 7.12. The summed E-state index contributed by atoms with van der Waals surface area (Å²) in [5.41, 5.74) is 0.0631. The standard InChI is InChI=1S/C21H23F3N2O5/c1-29-13-18(27)26-10-8-16(9-11-26)31-15-6-4-14(5-7-15)20(28)25-19(21(22,23)24)17-3-2-12-30-17/h2-7,12,16,19H,8-11,13H2,1H3,(H,25,28)/t19-/m1/s1. The van der Waals surface area contributed by atoms with Crippen LogP contribution in [0.5, 0.6) is 5.75 Å². The zero-order chi connectivity index (χ0) is 22.4. The molecule has 0 radical (unpaired) electrons. The van der Waals surface area contributed by atoms with Crippen LogP contribution in [0.2, 0.25) is 0 Å². The van der Waals surface area contributed by atoms with Gasteiger partial charge < -0.3 is 24.1 Å². The SMILES string of the molecule is COCC(=O)N1CCC(Oc2ccc(C(=O)N[C@H](c3ccco3)C(F)(F)F)cc2)CC1. The number of carbonyl (C=O) groups is 2. The van der Waals surface area contributed by atoms with Crippen molar-refractivity contribution in [1.29, 1.82) is 0 Å². The van der Waals surface area contributed by atoms with Gasteiger partial charge in [0.1, 0.15) is 24.2 Å². The first-order valence-corrected chi connectivity index (χ1v) is 9.72. The number of hydrogen-bond donors (Lipinski definition) is 1. The van der Waals surface area contributed by atoms with Crippen molar-refractivity contribution < 1.29 is 36.7 Å². The van der Waals surface area contributed by atoms with E-state index >= 15 is 0 Å². The lowest BCUT2D eigenvalue weighted by Gasteiger charge is -2.32. The molecule has 1 fully saturated rings. The van der Waals surface area contributed by atoms with E-state index in [1.807, 2.05) is 5.32 Å². The summed E-state index contributed by atoms with van der Waals surface area (Å²) in [4.78, 5) is 25.8. The topological polar surface area (TPSA) is 81.0 Å². The third-order valence-corrected chi connectivity index (χ3v) is 4.91. The molecule has 2 heterocycles. The molecule has 1 aromatic carbocycles. The molecule has 2 aromatic rings. The van der Waals surface area contributed by atoms with Crippen molar-refractivity contribution in [2.75, 3.05) is 26.8 Å². The highest BCUT2D eigenvalue weighted by Crippen LogP contribution is 2.33. The van der Waals surface area contributed by atoms with E-state index in [2.05, 4.69) is 0 Å². The van der Waals surface area contributed by atoms with E-state index in [0.29, 0.717) is 31.7 Å². The number of halogens is 3. The molecular formula is C21H23F3N2O5. The Kier molecular flexibility index (Phi) is 7.21. The van der Waals surface area contributed by atoms with E-state index < -0.39 is 23.9 Å². The summed E-state index contributed by atoms with van der Waals surface area (Å²) >= 11 is 0. The van der Waals surface area contributed by atoms with Gasteiger partial charge in [0.05, 0.1) is 6.26 Å². The minimum Gasteiger partial charge on any atom is -0.490 e. The Labute approximate surface area is 177 Å². The summed E-state index contributed by atoms with van der Waals surface area (Å²) in [6, 6.07) is 6.11. The van der Waals surface area contributed by atoms with Crippen molar-refractivity contribution in [1.82, 2.24) is 10.2 Å². The molecule has 2 amide bonds. The van der Waals surface area contributed by atoms with Gasteiger partial charge in [-0.15, -0.1) is 0 Å². The maximum atomic E-state index is 13.3. The first kappa shape index (κ1) is 22.7. The van der Waals surface area contributed by atoms with Crippen molar-refractivity contribution >= 4 is 11.8 Å². The van der Waals surface area contributed by atoms with Crippen LogP contribution in [-0.2, 0) is 9.53 Å². The van der Waals surface area contributed by atoms with Gasteiger partial charge in [0, 0.05) is 38.6 Å². The maximum absolute atomic E-state index is 13.3. The number of methoxy groups -OCH3 is 1. The normalized spacial score (nSPS) is 16.1. The molecule has 0 aliphatic carbocycles. The zero-order valence-corrected chi connectivity index (χ0v) is 16.9. The monoisotopic (exact) mass is 440 g/mol. The molecule has 0 saturated carbocycles.